The van der Waals surface area contributed by atoms with Crippen LogP contribution >= 0.6 is 27.3 Å². The quantitative estimate of drug-likeness (QED) is 0.251. The highest BCUT2D eigenvalue weighted by Crippen LogP contribution is 2.35. The number of fused-ring (bicyclic) bond motifs is 2. The van der Waals surface area contributed by atoms with Gasteiger partial charge in [0.15, 0.2) is 11.6 Å². The highest BCUT2D eigenvalue weighted by molar-refractivity contribution is 9.10. The van der Waals surface area contributed by atoms with E-state index in [0.717, 1.165) is 30.0 Å². The van der Waals surface area contributed by atoms with Crippen molar-refractivity contribution in [1.82, 2.24) is 29.4 Å². The number of carbonyl (C=O) groups excluding carboxylic acids is 5. The molecule has 0 bridgehead atoms. The molecule has 4 aliphatic rings. The molecule has 0 radical (unpaired) electrons. The lowest BCUT2D eigenvalue weighted by Gasteiger charge is -2.37. The van der Waals surface area contributed by atoms with Gasteiger partial charge in [-0.3, -0.25) is 43.4 Å². The van der Waals surface area contributed by atoms with Gasteiger partial charge in [0.2, 0.25) is 11.8 Å². The number of aromatic nitrogens is 2. The summed E-state index contributed by atoms with van der Waals surface area (Å²) in [4.78, 5) is 89.2. The third kappa shape index (κ3) is 6.75. The maximum absolute atomic E-state index is 13.6. The Balaban J connectivity index is 0.847. The van der Waals surface area contributed by atoms with Crippen molar-refractivity contribution in [2.24, 2.45) is 0 Å². The summed E-state index contributed by atoms with van der Waals surface area (Å²) in [7, 11) is 2.08. The molecule has 8 rings (SSSR count). The number of amides is 5. The van der Waals surface area contributed by atoms with E-state index in [9.17, 15) is 28.8 Å². The van der Waals surface area contributed by atoms with Gasteiger partial charge < -0.3 is 24.8 Å². The Morgan fingerprint density at radius 3 is 2.56 bits per heavy atom. The Hall–Kier alpha value is -5.13. The van der Waals surface area contributed by atoms with Crippen molar-refractivity contribution in [1.29, 1.82) is 0 Å². The number of piperidine rings is 2. The van der Waals surface area contributed by atoms with Crippen molar-refractivity contribution in [2.45, 2.75) is 37.3 Å². The molecule has 0 saturated carbocycles. The van der Waals surface area contributed by atoms with Crippen molar-refractivity contribution in [2.75, 3.05) is 63.1 Å². The molecule has 2 aromatic carbocycles. The minimum Gasteiger partial charge on any atom is -0.484 e. The van der Waals surface area contributed by atoms with Gasteiger partial charge in [-0.05, 0) is 71.6 Å². The van der Waals surface area contributed by atoms with E-state index in [0.29, 0.717) is 52.9 Å². The molecule has 5 amide bonds. The first-order chi connectivity index (χ1) is 26.0. The number of carbonyl (C=O) groups is 5. The molecule has 3 atom stereocenters. The average molecular weight is 818 g/mol. The fourth-order valence-electron chi connectivity index (χ4n) is 7.84. The van der Waals surface area contributed by atoms with Crippen LogP contribution in [-0.4, -0.2) is 119 Å². The van der Waals surface area contributed by atoms with Gasteiger partial charge in [-0.15, -0.1) is 11.3 Å². The molecule has 2 N–H and O–H groups in total. The number of hydrogen-bond donors (Lipinski definition) is 2. The number of ether oxygens (including phenoxy) is 1. The summed E-state index contributed by atoms with van der Waals surface area (Å²) in [6.07, 6.45) is 2.70. The Labute approximate surface area is 322 Å². The summed E-state index contributed by atoms with van der Waals surface area (Å²) in [5, 5.41) is 7.55. The number of anilines is 2. The number of thiazole rings is 1. The molecule has 3 fully saturated rings. The summed E-state index contributed by atoms with van der Waals surface area (Å²) in [5.41, 5.74) is 2.05. The number of hydrogen-bond acceptors (Lipinski definition) is 12. The zero-order valence-corrected chi connectivity index (χ0v) is 31.7. The number of piperazine rings is 1. The zero-order chi connectivity index (χ0) is 37.7. The number of benzene rings is 2. The highest BCUT2D eigenvalue weighted by Gasteiger charge is 2.46. The van der Waals surface area contributed by atoms with Gasteiger partial charge >= 0.3 is 0 Å². The molecular weight excluding hydrogens is 780 g/mol. The fraction of sp³-hybridized carbons (Fsp3) is 0.378. The Bertz CT molecular complexity index is 2230. The van der Waals surface area contributed by atoms with Crippen molar-refractivity contribution in [3.8, 4) is 5.75 Å². The summed E-state index contributed by atoms with van der Waals surface area (Å²) in [6, 6.07) is 11.9. The van der Waals surface area contributed by atoms with Crippen LogP contribution in [-0.2, 0) is 14.4 Å². The Kier molecular flexibility index (Phi) is 9.70. The molecule has 0 aliphatic carbocycles. The second kappa shape index (κ2) is 14.6. The van der Waals surface area contributed by atoms with E-state index in [1.54, 1.807) is 29.3 Å². The molecule has 4 aromatic rings. The minimum absolute atomic E-state index is 0.0512. The lowest BCUT2D eigenvalue weighted by molar-refractivity contribution is -0.136. The van der Waals surface area contributed by atoms with Crippen molar-refractivity contribution in [3.05, 3.63) is 85.6 Å². The topological polar surface area (TPSA) is 166 Å². The number of imide groups is 2. The first-order valence-corrected chi connectivity index (χ1v) is 19.4. The molecule has 0 spiro atoms. The van der Waals surface area contributed by atoms with Gasteiger partial charge in [0.25, 0.3) is 23.3 Å². The van der Waals surface area contributed by atoms with Crippen LogP contribution in [0, 0.1) is 0 Å². The maximum atomic E-state index is 13.6. The van der Waals surface area contributed by atoms with Gasteiger partial charge in [-0.25, -0.2) is 4.98 Å². The van der Waals surface area contributed by atoms with Crippen LogP contribution in [0.5, 0.6) is 5.75 Å². The Morgan fingerprint density at radius 1 is 1.02 bits per heavy atom. The molecule has 15 nitrogen and oxygen atoms in total. The first-order valence-electron chi connectivity index (χ1n) is 17.8. The van der Waals surface area contributed by atoms with E-state index in [4.69, 9.17) is 4.74 Å². The highest BCUT2D eigenvalue weighted by atomic mass is 79.9. The van der Waals surface area contributed by atoms with Crippen LogP contribution < -0.4 is 25.8 Å². The van der Waals surface area contributed by atoms with Gasteiger partial charge in [-0.2, -0.15) is 0 Å². The molecule has 17 heteroatoms. The van der Waals surface area contributed by atoms with E-state index in [-0.39, 0.29) is 54.0 Å². The van der Waals surface area contributed by atoms with E-state index in [1.807, 2.05) is 34.5 Å². The van der Waals surface area contributed by atoms with Gasteiger partial charge in [0, 0.05) is 63.3 Å². The second-order valence-electron chi connectivity index (χ2n) is 14.0. The van der Waals surface area contributed by atoms with Crippen LogP contribution in [0.4, 0.5) is 11.5 Å². The number of rotatable bonds is 8. The van der Waals surface area contributed by atoms with Crippen molar-refractivity contribution in [3.63, 3.8) is 0 Å². The molecule has 54 heavy (non-hydrogen) atoms. The zero-order valence-electron chi connectivity index (χ0n) is 29.3. The number of likely N-dealkylation sites (tertiary alicyclic amines) is 1. The van der Waals surface area contributed by atoms with Gasteiger partial charge in [0.05, 0.1) is 16.8 Å². The molecule has 4 aliphatic heterocycles. The smallest absolute Gasteiger partial charge is 0.275 e. The summed E-state index contributed by atoms with van der Waals surface area (Å²) < 4.78 is 7.85. The predicted octanol–water partition coefficient (Wildman–Crippen LogP) is 2.55. The number of halogens is 1. The third-order valence-electron chi connectivity index (χ3n) is 10.5. The molecule has 2 aromatic heterocycles. The SMILES string of the molecule is CN1C[C@H](Nc2nc3sccn3c(=O)c2Br)C[C@H](c2ccc(OCC(=O)N3CCN(c4cccc5c4C(=O)N(C4CCC(=O)NC4=O)C5=O)CC3)cc2)C1. The average Bonchev–Trinajstić information content (AvgIpc) is 3.74. The van der Waals surface area contributed by atoms with Crippen molar-refractivity contribution < 1.29 is 28.7 Å². The van der Waals surface area contributed by atoms with Crippen LogP contribution in [0.2, 0.25) is 0 Å². The second-order valence-corrected chi connectivity index (χ2v) is 15.7. The predicted molar refractivity (Wildman–Crippen MR) is 203 cm³/mol. The van der Waals surface area contributed by atoms with Crippen LogP contribution in [0.15, 0.2) is 63.3 Å². The van der Waals surface area contributed by atoms with Crippen LogP contribution in [0.1, 0.15) is 51.5 Å². The molecule has 6 heterocycles. The summed E-state index contributed by atoms with van der Waals surface area (Å²) in [5.74, 6) is -0.967. The lowest BCUT2D eigenvalue weighted by Crippen LogP contribution is -2.54. The van der Waals surface area contributed by atoms with Crippen LogP contribution in [0.25, 0.3) is 4.96 Å². The molecule has 3 saturated heterocycles. The third-order valence-corrected chi connectivity index (χ3v) is 12.0. The lowest BCUT2D eigenvalue weighted by atomic mass is 9.88. The number of nitrogens with one attached hydrogen (secondary N) is 2. The van der Waals surface area contributed by atoms with E-state index < -0.39 is 29.7 Å². The molecule has 280 valence electrons. The standard InChI is InChI=1S/C37H37BrN8O7S/c1-42-18-22(17-23(19-42)39-32-31(38)36(52)45-15-16-54-37(45)41-32)21-5-7-24(8-6-21)53-20-29(48)44-13-11-43(12-14-44)26-4-2-3-25-30(26)35(51)46(34(25)50)27-9-10-28(47)40-33(27)49/h2-8,15-16,22-23,27,39H,9-14,17-20H2,1H3,(H,40,47,49)/t22-,23+,27?/m0/s1. The number of nitrogens with zero attached hydrogens (tertiary/aromatic N) is 6. The van der Waals surface area contributed by atoms with E-state index in [1.165, 1.54) is 15.7 Å². The first kappa shape index (κ1) is 35.9. The summed E-state index contributed by atoms with van der Waals surface area (Å²) in [6.45, 7) is 3.23. The van der Waals surface area contributed by atoms with Crippen LogP contribution in [0.3, 0.4) is 0 Å². The normalized spacial score (nSPS) is 22.1. The maximum Gasteiger partial charge on any atom is 0.275 e. The molecular formula is C37H37BrN8O7S. The monoisotopic (exact) mass is 816 g/mol. The number of likely N-dealkylation sites (N-methyl/N-ethyl adjacent to an activating group) is 1. The molecule has 1 unspecified atom stereocenters. The summed E-state index contributed by atoms with van der Waals surface area (Å²) >= 11 is 4.85. The fourth-order valence-corrected chi connectivity index (χ4v) is 8.94. The van der Waals surface area contributed by atoms with E-state index in [2.05, 4.69) is 43.5 Å². The minimum atomic E-state index is -1.04. The van der Waals surface area contributed by atoms with Gasteiger partial charge in [-0.1, -0.05) is 18.2 Å². The Morgan fingerprint density at radius 2 is 1.80 bits per heavy atom. The van der Waals surface area contributed by atoms with E-state index >= 15 is 0 Å². The van der Waals surface area contributed by atoms with Crippen molar-refractivity contribution >= 4 is 73.3 Å². The van der Waals surface area contributed by atoms with Gasteiger partial charge in [0.1, 0.15) is 22.1 Å². The largest absolute Gasteiger partial charge is 0.484 e.